The van der Waals surface area contributed by atoms with Gasteiger partial charge in [0.05, 0.1) is 17.7 Å². The summed E-state index contributed by atoms with van der Waals surface area (Å²) in [6.07, 6.45) is -7.05. The molecule has 2 aromatic carbocycles. The van der Waals surface area contributed by atoms with E-state index < -0.39 is 48.6 Å². The van der Waals surface area contributed by atoms with Crippen LogP contribution in [0.1, 0.15) is 34.0 Å². The van der Waals surface area contributed by atoms with E-state index in [9.17, 15) is 35.4 Å². The highest BCUT2D eigenvalue weighted by molar-refractivity contribution is 5.99. The van der Waals surface area contributed by atoms with Gasteiger partial charge in [-0.25, -0.2) is 0 Å². The van der Waals surface area contributed by atoms with E-state index >= 15 is 0 Å². The minimum Gasteiger partial charge on any atom is -0.507 e. The second kappa shape index (κ2) is 8.89. The molecule has 1 saturated heterocycles. The molecule has 0 aliphatic carbocycles. The molecule has 8 heteroatoms. The van der Waals surface area contributed by atoms with Gasteiger partial charge in [-0.05, 0) is 24.1 Å². The Labute approximate surface area is 167 Å². The number of aryl methyl sites for hydroxylation is 1. The molecule has 0 aromatic heterocycles. The van der Waals surface area contributed by atoms with Gasteiger partial charge in [-0.3, -0.25) is 4.79 Å². The highest BCUT2D eigenvalue weighted by Gasteiger charge is 2.46. The number of benzene rings is 2. The molecule has 5 atom stereocenters. The molecule has 29 heavy (non-hydrogen) atoms. The van der Waals surface area contributed by atoms with Crippen LogP contribution < -0.4 is 0 Å². The number of aromatic hydroxyl groups is 2. The molecule has 156 valence electrons. The minimum atomic E-state index is -1.70. The summed E-state index contributed by atoms with van der Waals surface area (Å²) in [6.45, 7) is -0.654. The number of ketones is 1. The normalized spacial score (nSPS) is 27.0. The lowest BCUT2D eigenvalue weighted by Gasteiger charge is -2.40. The molecular formula is C21H24O8. The van der Waals surface area contributed by atoms with Crippen molar-refractivity contribution in [3.05, 3.63) is 59.2 Å². The first-order valence-electron chi connectivity index (χ1n) is 9.27. The van der Waals surface area contributed by atoms with Crippen molar-refractivity contribution in [3.8, 4) is 11.5 Å². The maximum absolute atomic E-state index is 12.6. The maximum Gasteiger partial charge on any atom is 0.166 e. The average Bonchev–Trinajstić information content (AvgIpc) is 2.72. The zero-order chi connectivity index (χ0) is 21.1. The third-order valence-corrected chi connectivity index (χ3v) is 5.15. The summed E-state index contributed by atoms with van der Waals surface area (Å²) in [6, 6.07) is 11.8. The van der Waals surface area contributed by atoms with Gasteiger partial charge in [-0.2, -0.15) is 0 Å². The summed E-state index contributed by atoms with van der Waals surface area (Å²) in [7, 11) is 0. The number of aliphatic hydroxyl groups is 4. The molecule has 1 aliphatic heterocycles. The minimum absolute atomic E-state index is 0.0642. The number of phenols is 2. The standard InChI is InChI=1S/C21H24O8/c22-10-15-18(26)19(27)20(28)21(29-15)16-14(24)9-7-12(17(16)25)13(23)8-6-11-4-2-1-3-5-11/h1-5,7,9,15,18-22,24-28H,6,8,10H2/t15-,18-,19+,20-,21+/m1/s1. The molecule has 6 N–H and O–H groups in total. The number of carbonyl (C=O) groups is 1. The number of hydrogen-bond acceptors (Lipinski definition) is 8. The molecule has 0 radical (unpaired) electrons. The molecule has 3 rings (SSSR count). The van der Waals surface area contributed by atoms with Crippen molar-refractivity contribution in [1.82, 2.24) is 0 Å². The van der Waals surface area contributed by atoms with Crippen molar-refractivity contribution in [2.75, 3.05) is 6.61 Å². The summed E-state index contributed by atoms with van der Waals surface area (Å²) in [4.78, 5) is 12.6. The van der Waals surface area contributed by atoms with E-state index in [0.717, 1.165) is 5.56 Å². The van der Waals surface area contributed by atoms with Crippen LogP contribution in [0.2, 0.25) is 0 Å². The van der Waals surface area contributed by atoms with E-state index in [1.165, 1.54) is 12.1 Å². The first-order valence-corrected chi connectivity index (χ1v) is 9.27. The molecule has 0 unspecified atom stereocenters. The Balaban J connectivity index is 1.87. The van der Waals surface area contributed by atoms with E-state index in [1.54, 1.807) is 0 Å². The van der Waals surface area contributed by atoms with Crippen LogP contribution in [-0.4, -0.2) is 67.4 Å². The van der Waals surface area contributed by atoms with Crippen LogP contribution in [0.25, 0.3) is 0 Å². The third-order valence-electron chi connectivity index (χ3n) is 5.15. The lowest BCUT2D eigenvalue weighted by atomic mass is 9.88. The van der Waals surface area contributed by atoms with Gasteiger partial charge in [0.15, 0.2) is 5.78 Å². The number of Topliss-reactive ketones (excluding diaryl/α,β-unsaturated/α-hetero) is 1. The molecule has 0 bridgehead atoms. The highest BCUT2D eigenvalue weighted by atomic mass is 16.5. The summed E-state index contributed by atoms with van der Waals surface area (Å²) in [5, 5.41) is 60.4. The maximum atomic E-state index is 12.6. The Morgan fingerprint density at radius 3 is 2.28 bits per heavy atom. The predicted molar refractivity (Wildman–Crippen MR) is 102 cm³/mol. The summed E-state index contributed by atoms with van der Waals surface area (Å²) < 4.78 is 5.40. The quantitative estimate of drug-likeness (QED) is 0.380. The second-order valence-electron chi connectivity index (χ2n) is 7.05. The van der Waals surface area contributed by atoms with Crippen LogP contribution >= 0.6 is 0 Å². The monoisotopic (exact) mass is 404 g/mol. The summed E-state index contributed by atoms with van der Waals surface area (Å²) in [5.74, 6) is -1.41. The van der Waals surface area contributed by atoms with Crippen molar-refractivity contribution >= 4 is 5.78 Å². The van der Waals surface area contributed by atoms with Crippen molar-refractivity contribution < 1.29 is 40.2 Å². The topological polar surface area (TPSA) is 148 Å². The van der Waals surface area contributed by atoms with Crippen molar-refractivity contribution in [2.45, 2.75) is 43.4 Å². The first kappa shape index (κ1) is 21.2. The highest BCUT2D eigenvalue weighted by Crippen LogP contribution is 2.43. The number of rotatable bonds is 6. The Morgan fingerprint density at radius 1 is 0.931 bits per heavy atom. The Hall–Kier alpha value is -2.49. The summed E-state index contributed by atoms with van der Waals surface area (Å²) >= 11 is 0. The van der Waals surface area contributed by atoms with Crippen molar-refractivity contribution in [2.24, 2.45) is 0 Å². The fourth-order valence-corrected chi connectivity index (χ4v) is 3.48. The van der Waals surface area contributed by atoms with Gasteiger partial charge >= 0.3 is 0 Å². The molecule has 0 amide bonds. The smallest absolute Gasteiger partial charge is 0.166 e. The van der Waals surface area contributed by atoms with Gasteiger partial charge in [0.2, 0.25) is 0 Å². The molecule has 1 heterocycles. The lowest BCUT2D eigenvalue weighted by molar-refractivity contribution is -0.232. The van der Waals surface area contributed by atoms with Crippen LogP contribution in [-0.2, 0) is 11.2 Å². The Kier molecular flexibility index (Phi) is 6.51. The van der Waals surface area contributed by atoms with E-state index in [4.69, 9.17) is 4.74 Å². The molecule has 1 fully saturated rings. The van der Waals surface area contributed by atoms with E-state index in [0.29, 0.717) is 6.42 Å². The van der Waals surface area contributed by atoms with E-state index in [1.807, 2.05) is 30.3 Å². The van der Waals surface area contributed by atoms with Crippen LogP contribution in [0.4, 0.5) is 0 Å². The lowest BCUT2D eigenvalue weighted by Crippen LogP contribution is -2.55. The van der Waals surface area contributed by atoms with Crippen LogP contribution in [0.5, 0.6) is 11.5 Å². The number of aliphatic hydroxyl groups excluding tert-OH is 4. The Bertz CT molecular complexity index is 851. The molecule has 0 saturated carbocycles. The van der Waals surface area contributed by atoms with Gasteiger partial charge in [0, 0.05) is 6.42 Å². The largest absolute Gasteiger partial charge is 0.507 e. The van der Waals surface area contributed by atoms with Gasteiger partial charge in [0.1, 0.15) is 42.0 Å². The predicted octanol–water partition coefficient (Wildman–Crippen LogP) is 0.428. The summed E-state index contributed by atoms with van der Waals surface area (Å²) in [5.41, 5.74) is 0.603. The van der Waals surface area contributed by atoms with Gasteiger partial charge in [0.25, 0.3) is 0 Å². The number of phenolic OH excluding ortho intramolecular Hbond substituents is 2. The number of carbonyl (C=O) groups excluding carboxylic acids is 1. The van der Waals surface area contributed by atoms with Crippen molar-refractivity contribution in [1.29, 1.82) is 0 Å². The Morgan fingerprint density at radius 2 is 1.62 bits per heavy atom. The average molecular weight is 404 g/mol. The molecule has 0 spiro atoms. The van der Waals surface area contributed by atoms with Gasteiger partial charge in [-0.1, -0.05) is 30.3 Å². The van der Waals surface area contributed by atoms with E-state index in [2.05, 4.69) is 0 Å². The van der Waals surface area contributed by atoms with Crippen LogP contribution in [0, 0.1) is 0 Å². The SMILES string of the molecule is O=C(CCc1ccccc1)c1ccc(O)c([C@@H]2O[C@H](CO)[C@@H](O)[C@H](O)[C@H]2O)c1O. The van der Waals surface area contributed by atoms with Gasteiger partial charge in [-0.15, -0.1) is 0 Å². The van der Waals surface area contributed by atoms with Crippen LogP contribution in [0.15, 0.2) is 42.5 Å². The third kappa shape index (κ3) is 4.26. The van der Waals surface area contributed by atoms with E-state index in [-0.39, 0.29) is 23.3 Å². The molecule has 8 nitrogen and oxygen atoms in total. The fraction of sp³-hybridized carbons (Fsp3) is 0.381. The van der Waals surface area contributed by atoms with Gasteiger partial charge < -0.3 is 35.4 Å². The fourth-order valence-electron chi connectivity index (χ4n) is 3.48. The first-order chi connectivity index (χ1) is 13.8. The number of ether oxygens (including phenoxy) is 1. The van der Waals surface area contributed by atoms with Crippen LogP contribution in [0.3, 0.4) is 0 Å². The zero-order valence-electron chi connectivity index (χ0n) is 15.5. The van der Waals surface area contributed by atoms with Crippen molar-refractivity contribution in [3.63, 3.8) is 0 Å². The molecule has 2 aromatic rings. The molecular weight excluding hydrogens is 380 g/mol. The second-order valence-corrected chi connectivity index (χ2v) is 7.05. The molecule has 1 aliphatic rings. The number of hydrogen-bond donors (Lipinski definition) is 6. The zero-order valence-corrected chi connectivity index (χ0v) is 15.5.